The average Bonchev–Trinajstić information content (AvgIpc) is 2.38. The summed E-state index contributed by atoms with van der Waals surface area (Å²) in [6.07, 6.45) is 0.765. The van der Waals surface area contributed by atoms with Crippen LogP contribution in [0.25, 0.3) is 0 Å². The minimum absolute atomic E-state index is 0.112. The van der Waals surface area contributed by atoms with Gasteiger partial charge in [0.25, 0.3) is 0 Å². The highest BCUT2D eigenvalue weighted by Crippen LogP contribution is 2.21. The monoisotopic (exact) mass is 313 g/mol. The van der Waals surface area contributed by atoms with Crippen molar-refractivity contribution in [3.8, 4) is 0 Å². The Balaban J connectivity index is 3.00. The van der Waals surface area contributed by atoms with Crippen molar-refractivity contribution < 1.29 is 8.42 Å². The third kappa shape index (κ3) is 5.07. The number of hydrogen-bond acceptors (Lipinski definition) is 4. The van der Waals surface area contributed by atoms with Crippen molar-refractivity contribution in [2.45, 2.75) is 44.7 Å². The van der Waals surface area contributed by atoms with Gasteiger partial charge in [-0.3, -0.25) is 0 Å². The number of sulfonamides is 1. The van der Waals surface area contributed by atoms with Crippen molar-refractivity contribution >= 4 is 10.0 Å². The first-order valence-electron chi connectivity index (χ1n) is 7.14. The maximum atomic E-state index is 12.6. The fourth-order valence-corrected chi connectivity index (χ4v) is 3.78. The summed E-state index contributed by atoms with van der Waals surface area (Å²) < 4.78 is 27.9. The van der Waals surface area contributed by atoms with Crippen LogP contribution in [0.3, 0.4) is 0 Å². The van der Waals surface area contributed by atoms with E-state index in [-0.39, 0.29) is 6.04 Å². The molecule has 1 aromatic rings. The van der Waals surface area contributed by atoms with Gasteiger partial charge in [-0.2, -0.15) is 0 Å². The first-order valence-corrected chi connectivity index (χ1v) is 8.63. The van der Waals surface area contributed by atoms with Crippen molar-refractivity contribution in [3.05, 3.63) is 28.8 Å². The summed E-state index contributed by atoms with van der Waals surface area (Å²) in [5, 5.41) is 0. The van der Waals surface area contributed by atoms with Crippen molar-refractivity contribution in [1.82, 2.24) is 9.62 Å². The fraction of sp³-hybridized carbons (Fsp3) is 0.600. The zero-order chi connectivity index (χ0) is 16.2. The van der Waals surface area contributed by atoms with E-state index in [1.807, 2.05) is 45.8 Å². The van der Waals surface area contributed by atoms with Gasteiger partial charge in [0.05, 0.1) is 4.90 Å². The maximum absolute atomic E-state index is 12.6. The molecule has 6 heteroatoms. The average molecular weight is 313 g/mol. The molecule has 1 unspecified atom stereocenters. The van der Waals surface area contributed by atoms with Crippen molar-refractivity contribution in [3.63, 3.8) is 0 Å². The highest BCUT2D eigenvalue weighted by molar-refractivity contribution is 7.89. The highest BCUT2D eigenvalue weighted by atomic mass is 32.2. The van der Waals surface area contributed by atoms with Gasteiger partial charge in [0.1, 0.15) is 0 Å². The second-order valence-corrected chi connectivity index (χ2v) is 7.54. The van der Waals surface area contributed by atoms with Crippen LogP contribution in [0.4, 0.5) is 0 Å². The van der Waals surface area contributed by atoms with Gasteiger partial charge >= 0.3 is 0 Å². The number of nitrogens with zero attached hydrogens (tertiary/aromatic N) is 1. The SMILES string of the molecule is Cc1cc(CN)cc(S(=O)(=O)NC(C)CCN(C)C)c1C. The smallest absolute Gasteiger partial charge is 0.241 e. The lowest BCUT2D eigenvalue weighted by molar-refractivity contribution is 0.379. The van der Waals surface area contributed by atoms with Crippen LogP contribution in [-0.4, -0.2) is 40.0 Å². The molecule has 0 aliphatic heterocycles. The van der Waals surface area contributed by atoms with Gasteiger partial charge in [0.15, 0.2) is 0 Å². The lowest BCUT2D eigenvalue weighted by Crippen LogP contribution is -2.35. The predicted octanol–water partition coefficient (Wildman–Crippen LogP) is 1.38. The molecular formula is C15H27N3O2S. The van der Waals surface area contributed by atoms with E-state index in [1.165, 1.54) is 0 Å². The molecule has 0 aromatic heterocycles. The molecule has 0 heterocycles. The molecule has 1 atom stereocenters. The number of aryl methyl sites for hydroxylation is 1. The van der Waals surface area contributed by atoms with Crippen LogP contribution in [0.5, 0.6) is 0 Å². The highest BCUT2D eigenvalue weighted by Gasteiger charge is 2.21. The summed E-state index contributed by atoms with van der Waals surface area (Å²) in [6, 6.07) is 3.49. The Morgan fingerprint density at radius 1 is 1.29 bits per heavy atom. The molecule has 0 bridgehead atoms. The van der Waals surface area contributed by atoms with E-state index in [2.05, 4.69) is 4.72 Å². The Morgan fingerprint density at radius 2 is 1.90 bits per heavy atom. The zero-order valence-corrected chi connectivity index (χ0v) is 14.4. The summed E-state index contributed by atoms with van der Waals surface area (Å²) >= 11 is 0. The van der Waals surface area contributed by atoms with Crippen LogP contribution in [0.15, 0.2) is 17.0 Å². The molecule has 0 saturated carbocycles. The number of rotatable bonds is 7. The Bertz CT molecular complexity index is 583. The quantitative estimate of drug-likeness (QED) is 0.797. The normalized spacial score (nSPS) is 13.7. The summed E-state index contributed by atoms with van der Waals surface area (Å²) in [4.78, 5) is 2.37. The van der Waals surface area contributed by atoms with Crippen LogP contribution in [0.1, 0.15) is 30.0 Å². The second-order valence-electron chi connectivity index (χ2n) is 5.85. The van der Waals surface area contributed by atoms with Gasteiger partial charge in [-0.1, -0.05) is 6.07 Å². The minimum Gasteiger partial charge on any atom is -0.326 e. The lowest BCUT2D eigenvalue weighted by atomic mass is 10.1. The molecule has 0 spiro atoms. The molecular weight excluding hydrogens is 286 g/mol. The molecule has 0 fully saturated rings. The Morgan fingerprint density at radius 3 is 2.43 bits per heavy atom. The van der Waals surface area contributed by atoms with Gasteiger partial charge in [-0.05, 0) is 70.6 Å². The number of benzene rings is 1. The van der Waals surface area contributed by atoms with Crippen molar-refractivity contribution in [2.75, 3.05) is 20.6 Å². The Kier molecular flexibility index (Phi) is 6.34. The molecule has 120 valence electrons. The van der Waals surface area contributed by atoms with E-state index < -0.39 is 10.0 Å². The van der Waals surface area contributed by atoms with Crippen LogP contribution in [0, 0.1) is 13.8 Å². The number of hydrogen-bond donors (Lipinski definition) is 2. The Hall–Kier alpha value is -0.950. The van der Waals surface area contributed by atoms with Crippen LogP contribution in [-0.2, 0) is 16.6 Å². The predicted molar refractivity (Wildman–Crippen MR) is 86.8 cm³/mol. The van der Waals surface area contributed by atoms with Gasteiger partial charge in [-0.15, -0.1) is 0 Å². The maximum Gasteiger partial charge on any atom is 0.241 e. The van der Waals surface area contributed by atoms with E-state index in [0.29, 0.717) is 11.4 Å². The van der Waals surface area contributed by atoms with Gasteiger partial charge in [0, 0.05) is 12.6 Å². The molecule has 5 nitrogen and oxygen atoms in total. The summed E-state index contributed by atoms with van der Waals surface area (Å²) in [7, 11) is 0.426. The molecule has 21 heavy (non-hydrogen) atoms. The summed E-state index contributed by atoms with van der Waals surface area (Å²) in [5.41, 5.74) is 8.20. The standard InChI is InChI=1S/C15H27N3O2S/c1-11-8-14(10-16)9-15(13(11)3)21(19,20)17-12(2)6-7-18(4)5/h8-9,12,17H,6-7,10,16H2,1-5H3. The van der Waals surface area contributed by atoms with Gasteiger partial charge in [0.2, 0.25) is 10.0 Å². The van der Waals surface area contributed by atoms with E-state index in [1.54, 1.807) is 6.07 Å². The van der Waals surface area contributed by atoms with Crippen molar-refractivity contribution in [1.29, 1.82) is 0 Å². The molecule has 3 N–H and O–H groups in total. The topological polar surface area (TPSA) is 75.4 Å². The molecule has 0 saturated heterocycles. The number of nitrogens with two attached hydrogens (primary N) is 1. The van der Waals surface area contributed by atoms with Crippen LogP contribution < -0.4 is 10.5 Å². The Labute approximate surface area is 128 Å². The van der Waals surface area contributed by atoms with Crippen LogP contribution in [0.2, 0.25) is 0 Å². The van der Waals surface area contributed by atoms with E-state index in [9.17, 15) is 8.42 Å². The lowest BCUT2D eigenvalue weighted by Gasteiger charge is -2.18. The summed E-state index contributed by atoms with van der Waals surface area (Å²) in [6.45, 7) is 6.79. The van der Waals surface area contributed by atoms with Gasteiger partial charge in [-0.25, -0.2) is 13.1 Å². The first kappa shape index (κ1) is 18.1. The molecule has 1 aromatic carbocycles. The molecule has 0 aliphatic rings. The van der Waals surface area contributed by atoms with Crippen molar-refractivity contribution in [2.24, 2.45) is 5.73 Å². The largest absolute Gasteiger partial charge is 0.326 e. The van der Waals surface area contributed by atoms with E-state index in [0.717, 1.165) is 29.7 Å². The number of nitrogens with one attached hydrogen (secondary N) is 1. The molecule has 1 rings (SSSR count). The third-order valence-electron chi connectivity index (χ3n) is 3.57. The third-order valence-corrected chi connectivity index (χ3v) is 5.29. The fourth-order valence-electron chi connectivity index (χ4n) is 2.14. The van der Waals surface area contributed by atoms with Gasteiger partial charge < -0.3 is 10.6 Å². The van der Waals surface area contributed by atoms with Crippen LogP contribution >= 0.6 is 0 Å². The first-order chi connectivity index (χ1) is 9.67. The summed E-state index contributed by atoms with van der Waals surface area (Å²) in [5.74, 6) is 0. The molecule has 0 amide bonds. The van der Waals surface area contributed by atoms with E-state index in [4.69, 9.17) is 5.73 Å². The van der Waals surface area contributed by atoms with E-state index >= 15 is 0 Å². The second kappa shape index (κ2) is 7.35. The molecule has 0 radical (unpaired) electrons. The minimum atomic E-state index is -3.52. The zero-order valence-electron chi connectivity index (χ0n) is 13.6. The molecule has 0 aliphatic carbocycles.